The van der Waals surface area contributed by atoms with Crippen molar-refractivity contribution in [3.63, 3.8) is 0 Å². The van der Waals surface area contributed by atoms with Crippen molar-refractivity contribution in [1.82, 2.24) is 0 Å². The number of carbonyl (C=O) groups excluding carboxylic acids is 1. The fourth-order valence-electron chi connectivity index (χ4n) is 1.32. The zero-order valence-corrected chi connectivity index (χ0v) is 9.41. The summed E-state index contributed by atoms with van der Waals surface area (Å²) in [6.07, 6.45) is 0. The Hall–Kier alpha value is -2.71. The first-order chi connectivity index (χ1) is 8.42. The molecule has 0 aromatic heterocycles. The van der Waals surface area contributed by atoms with Gasteiger partial charge < -0.3 is 9.47 Å². The third-order valence-electron chi connectivity index (χ3n) is 2.07. The van der Waals surface area contributed by atoms with Gasteiger partial charge in [-0.05, 0) is 0 Å². The normalized spacial score (nSPS) is 9.67. The number of benzene rings is 1. The first-order valence-corrected chi connectivity index (χ1v) is 4.51. The van der Waals surface area contributed by atoms with Crippen LogP contribution in [-0.2, 0) is 4.74 Å². The Kier molecular flexibility index (Phi) is 3.77. The first kappa shape index (κ1) is 13.4. The van der Waals surface area contributed by atoms with Gasteiger partial charge in [0.25, 0.3) is 5.69 Å². The Morgan fingerprint density at radius 2 is 1.78 bits per heavy atom. The molecule has 0 aliphatic rings. The maximum atomic E-state index is 11.4. The van der Waals surface area contributed by atoms with Crippen LogP contribution in [0.4, 0.5) is 11.4 Å². The third kappa shape index (κ3) is 2.34. The van der Waals surface area contributed by atoms with E-state index in [0.29, 0.717) is 6.07 Å². The minimum absolute atomic E-state index is 0.374. The van der Waals surface area contributed by atoms with E-state index in [1.807, 2.05) is 0 Å². The number of carbonyl (C=O) groups is 1. The van der Waals surface area contributed by atoms with E-state index in [-0.39, 0.29) is 11.3 Å². The Morgan fingerprint density at radius 3 is 2.17 bits per heavy atom. The number of hydrogen-bond acceptors (Lipinski definition) is 7. The van der Waals surface area contributed by atoms with E-state index in [2.05, 4.69) is 4.74 Å². The lowest BCUT2D eigenvalue weighted by Gasteiger charge is -2.06. The van der Waals surface area contributed by atoms with E-state index < -0.39 is 27.2 Å². The summed E-state index contributed by atoms with van der Waals surface area (Å²) in [5.74, 6) is -1.34. The number of non-ortho nitro benzene ring substituents is 1. The summed E-state index contributed by atoms with van der Waals surface area (Å²) in [5, 5.41) is 21.4. The van der Waals surface area contributed by atoms with Gasteiger partial charge in [-0.15, -0.1) is 0 Å². The van der Waals surface area contributed by atoms with E-state index in [4.69, 9.17) is 4.74 Å². The second-order valence-corrected chi connectivity index (χ2v) is 3.05. The lowest BCUT2D eigenvalue weighted by Crippen LogP contribution is -2.07. The van der Waals surface area contributed by atoms with Crippen molar-refractivity contribution in [2.24, 2.45) is 0 Å². The molecule has 0 N–H and O–H groups in total. The second-order valence-electron chi connectivity index (χ2n) is 3.05. The predicted octanol–water partition coefficient (Wildman–Crippen LogP) is 1.30. The molecule has 0 saturated carbocycles. The van der Waals surface area contributed by atoms with E-state index in [1.54, 1.807) is 0 Å². The molecular weight excluding hydrogens is 248 g/mol. The summed E-state index contributed by atoms with van der Waals surface area (Å²) < 4.78 is 9.11. The molecule has 1 aromatic rings. The van der Waals surface area contributed by atoms with Crippen LogP contribution >= 0.6 is 0 Å². The molecule has 1 aromatic carbocycles. The SMILES string of the molecule is COC(=O)c1cc([N+](=O)[O-])cc([N+](=O)[O-])c1OC. The summed E-state index contributed by atoms with van der Waals surface area (Å²) >= 11 is 0. The molecule has 18 heavy (non-hydrogen) atoms. The predicted molar refractivity (Wildman–Crippen MR) is 57.6 cm³/mol. The third-order valence-corrected chi connectivity index (χ3v) is 2.07. The topological polar surface area (TPSA) is 122 Å². The summed E-state index contributed by atoms with van der Waals surface area (Å²) in [4.78, 5) is 31.1. The molecule has 0 atom stereocenters. The molecule has 0 fully saturated rings. The Labute approximate surface area is 100 Å². The molecule has 0 bridgehead atoms. The molecule has 1 rings (SSSR count). The van der Waals surface area contributed by atoms with E-state index >= 15 is 0 Å². The quantitative estimate of drug-likeness (QED) is 0.451. The summed E-state index contributed by atoms with van der Waals surface area (Å²) in [5.41, 5.74) is -1.64. The van der Waals surface area contributed by atoms with Crippen LogP contribution in [0, 0.1) is 20.2 Å². The zero-order chi connectivity index (χ0) is 13.9. The highest BCUT2D eigenvalue weighted by Crippen LogP contribution is 2.35. The van der Waals surface area contributed by atoms with Gasteiger partial charge in [-0.2, -0.15) is 0 Å². The van der Waals surface area contributed by atoms with Crippen molar-refractivity contribution >= 4 is 17.3 Å². The minimum atomic E-state index is -0.960. The van der Waals surface area contributed by atoms with Crippen molar-refractivity contribution in [3.05, 3.63) is 37.9 Å². The molecule has 0 saturated heterocycles. The Bertz CT molecular complexity index is 526. The summed E-state index contributed by atoms with van der Waals surface area (Å²) in [6, 6.07) is 1.57. The van der Waals surface area contributed by atoms with Gasteiger partial charge in [0.2, 0.25) is 5.75 Å². The highest BCUT2D eigenvalue weighted by molar-refractivity contribution is 5.95. The highest BCUT2D eigenvalue weighted by Gasteiger charge is 2.28. The van der Waals surface area contributed by atoms with Crippen molar-refractivity contribution in [2.75, 3.05) is 14.2 Å². The number of ether oxygens (including phenoxy) is 2. The maximum Gasteiger partial charge on any atom is 0.342 e. The van der Waals surface area contributed by atoms with Gasteiger partial charge in [0.1, 0.15) is 5.56 Å². The summed E-state index contributed by atoms with van der Waals surface area (Å²) in [7, 11) is 2.16. The fourth-order valence-corrected chi connectivity index (χ4v) is 1.32. The molecule has 0 heterocycles. The zero-order valence-electron chi connectivity index (χ0n) is 9.41. The smallest absolute Gasteiger partial charge is 0.342 e. The minimum Gasteiger partial charge on any atom is -0.490 e. The number of nitro groups is 2. The molecular formula is C9H8N2O7. The number of methoxy groups -OCH3 is 2. The average molecular weight is 256 g/mol. The van der Waals surface area contributed by atoms with Crippen LogP contribution < -0.4 is 4.74 Å². The number of esters is 1. The lowest BCUT2D eigenvalue weighted by molar-refractivity contribution is -0.394. The molecule has 0 unspecified atom stereocenters. The molecule has 0 amide bonds. The van der Waals surface area contributed by atoms with Gasteiger partial charge in [-0.1, -0.05) is 0 Å². The lowest BCUT2D eigenvalue weighted by atomic mass is 10.1. The van der Waals surface area contributed by atoms with Crippen LogP contribution in [0.2, 0.25) is 0 Å². The van der Waals surface area contributed by atoms with Crippen LogP contribution in [0.3, 0.4) is 0 Å². The molecule has 9 heteroatoms. The number of nitro benzene ring substituents is 2. The average Bonchev–Trinajstić information content (AvgIpc) is 2.35. The van der Waals surface area contributed by atoms with Crippen LogP contribution in [0.1, 0.15) is 10.4 Å². The van der Waals surface area contributed by atoms with Gasteiger partial charge >= 0.3 is 11.7 Å². The number of rotatable bonds is 4. The number of nitrogens with zero attached hydrogens (tertiary/aromatic N) is 2. The second kappa shape index (κ2) is 5.08. The van der Waals surface area contributed by atoms with E-state index in [1.165, 1.54) is 0 Å². The van der Waals surface area contributed by atoms with E-state index in [9.17, 15) is 25.0 Å². The standard InChI is InChI=1S/C9H8N2O7/c1-17-8-6(9(12)18-2)3-5(10(13)14)4-7(8)11(15)16/h3-4H,1-2H3. The Balaban J connectivity index is 3.61. The molecule has 96 valence electrons. The van der Waals surface area contributed by atoms with Crippen LogP contribution in [0.25, 0.3) is 0 Å². The highest BCUT2D eigenvalue weighted by atomic mass is 16.6. The molecule has 0 radical (unpaired) electrons. The molecule has 0 aliphatic heterocycles. The van der Waals surface area contributed by atoms with Crippen LogP contribution in [-0.4, -0.2) is 30.0 Å². The maximum absolute atomic E-state index is 11.4. The van der Waals surface area contributed by atoms with Crippen molar-refractivity contribution in [1.29, 1.82) is 0 Å². The first-order valence-electron chi connectivity index (χ1n) is 4.51. The summed E-state index contributed by atoms with van der Waals surface area (Å²) in [6.45, 7) is 0. The largest absolute Gasteiger partial charge is 0.490 e. The van der Waals surface area contributed by atoms with Gasteiger partial charge in [0.05, 0.1) is 30.1 Å². The van der Waals surface area contributed by atoms with Gasteiger partial charge in [0, 0.05) is 6.07 Å². The monoisotopic (exact) mass is 256 g/mol. The molecule has 0 spiro atoms. The fraction of sp³-hybridized carbons (Fsp3) is 0.222. The van der Waals surface area contributed by atoms with Crippen LogP contribution in [0.15, 0.2) is 12.1 Å². The van der Waals surface area contributed by atoms with Gasteiger partial charge in [-0.25, -0.2) is 4.79 Å². The molecule has 9 nitrogen and oxygen atoms in total. The number of hydrogen-bond donors (Lipinski definition) is 0. The Morgan fingerprint density at radius 1 is 1.17 bits per heavy atom. The van der Waals surface area contributed by atoms with Crippen molar-refractivity contribution in [2.45, 2.75) is 0 Å². The van der Waals surface area contributed by atoms with E-state index in [0.717, 1.165) is 20.3 Å². The van der Waals surface area contributed by atoms with Crippen LogP contribution in [0.5, 0.6) is 5.75 Å². The van der Waals surface area contributed by atoms with Gasteiger partial charge in [0.15, 0.2) is 0 Å². The van der Waals surface area contributed by atoms with Gasteiger partial charge in [-0.3, -0.25) is 20.2 Å². The molecule has 0 aliphatic carbocycles. The van der Waals surface area contributed by atoms with Crippen molar-refractivity contribution in [3.8, 4) is 5.75 Å². The van der Waals surface area contributed by atoms with Crippen molar-refractivity contribution < 1.29 is 24.1 Å².